The Kier molecular flexibility index (Phi) is 29.3. The fourth-order valence-corrected chi connectivity index (χ4v) is 18.3. The third-order valence-electron chi connectivity index (χ3n) is 24.5. The van der Waals surface area contributed by atoms with E-state index >= 15 is 0 Å². The van der Waals surface area contributed by atoms with E-state index in [0.29, 0.717) is 68.8 Å². The van der Waals surface area contributed by atoms with Gasteiger partial charge in [-0.2, -0.15) is 0 Å². The van der Waals surface area contributed by atoms with Crippen LogP contribution in [0.2, 0.25) is 0 Å². The lowest BCUT2D eigenvalue weighted by Crippen LogP contribution is -2.58. The van der Waals surface area contributed by atoms with Crippen molar-refractivity contribution in [2.24, 2.45) is 98.6 Å². The molecule has 2 atom stereocenters. The fraction of sp³-hybridized carbons (Fsp3) is 0.896. The maximum Gasteiger partial charge on any atom is 0.344 e. The lowest BCUT2D eigenvalue weighted by atomic mass is 9.46. The Hall–Kier alpha value is -4.24. The first-order chi connectivity index (χ1) is 43.8. The molecule has 0 amide bonds. The molecule has 13 fully saturated rings. The van der Waals surface area contributed by atoms with Crippen molar-refractivity contribution in [1.29, 1.82) is 0 Å². The van der Waals surface area contributed by atoms with Crippen LogP contribution in [0.1, 0.15) is 292 Å². The van der Waals surface area contributed by atoms with Crippen molar-refractivity contribution in [2.75, 3.05) is 33.0 Å². The Labute approximate surface area is 562 Å². The van der Waals surface area contributed by atoms with Gasteiger partial charge in [0.1, 0.15) is 30.0 Å². The van der Waals surface area contributed by atoms with Crippen molar-refractivity contribution >= 4 is 47.8 Å². The van der Waals surface area contributed by atoms with Gasteiger partial charge in [-0.25, -0.2) is 9.59 Å². The normalized spacial score (nSPS) is 32.8. The quantitative estimate of drug-likeness (QED) is 0.0529. The molecule has 0 heterocycles. The molecule has 0 aromatic heterocycles. The molecule has 2 unspecified atom stereocenters. The van der Waals surface area contributed by atoms with E-state index in [1.165, 1.54) is 83.5 Å². The molecule has 13 aliphatic rings. The Balaban J connectivity index is 0.000000253. The summed E-state index contributed by atoms with van der Waals surface area (Å²) in [6.07, 6.45) is 25.4. The lowest BCUT2D eigenvalue weighted by Gasteiger charge is -2.61. The van der Waals surface area contributed by atoms with Gasteiger partial charge in [-0.05, 0) is 276 Å². The first-order valence-corrected chi connectivity index (χ1v) is 37.3. The average molecular weight is 1310 g/mol. The van der Waals surface area contributed by atoms with Gasteiger partial charge in [0, 0.05) is 11.8 Å². The van der Waals surface area contributed by atoms with Crippen LogP contribution in [0, 0.1) is 98.6 Å². The van der Waals surface area contributed by atoms with Crippen LogP contribution in [0.5, 0.6) is 0 Å². The zero-order valence-corrected chi connectivity index (χ0v) is 61.8. The second kappa shape index (κ2) is 34.3. The Morgan fingerprint density at radius 3 is 1.10 bits per heavy atom. The highest BCUT2D eigenvalue weighted by atomic mass is 16.6. The number of carbonyl (C=O) groups is 8. The van der Waals surface area contributed by atoms with Crippen LogP contribution in [0.25, 0.3) is 0 Å². The largest absolute Gasteiger partial charge is 0.465 e. The molecule has 16 nitrogen and oxygen atoms in total. The summed E-state index contributed by atoms with van der Waals surface area (Å²) in [7, 11) is 0. The summed E-state index contributed by atoms with van der Waals surface area (Å²) in [5.41, 5.74) is -2.79. The van der Waals surface area contributed by atoms with Crippen LogP contribution < -0.4 is 0 Å². The summed E-state index contributed by atoms with van der Waals surface area (Å²) < 4.78 is 44.4. The first-order valence-electron chi connectivity index (χ1n) is 37.3. The third-order valence-corrected chi connectivity index (χ3v) is 24.5. The molecule has 0 aromatic rings. The van der Waals surface area contributed by atoms with E-state index in [9.17, 15) is 38.4 Å². The fourth-order valence-electron chi connectivity index (χ4n) is 18.3. The summed E-state index contributed by atoms with van der Waals surface area (Å²) >= 11 is 0. The van der Waals surface area contributed by atoms with Crippen molar-refractivity contribution in [3.63, 3.8) is 0 Å². The number of hydrogen-bond acceptors (Lipinski definition) is 16. The Morgan fingerprint density at radius 2 is 0.710 bits per heavy atom. The molecule has 0 saturated heterocycles. The van der Waals surface area contributed by atoms with Gasteiger partial charge in [0.2, 0.25) is 0 Å². The van der Waals surface area contributed by atoms with Crippen molar-refractivity contribution in [3.8, 4) is 0 Å². The van der Waals surface area contributed by atoms with Crippen LogP contribution in [-0.2, 0) is 76.3 Å². The van der Waals surface area contributed by atoms with Gasteiger partial charge in [0.05, 0.1) is 34.7 Å². The van der Waals surface area contributed by atoms with Gasteiger partial charge >= 0.3 is 47.8 Å². The number of rotatable bonds is 23. The summed E-state index contributed by atoms with van der Waals surface area (Å²) in [5.74, 6) is 3.50. The second-order valence-corrected chi connectivity index (χ2v) is 32.0. The van der Waals surface area contributed by atoms with E-state index < -0.39 is 58.2 Å². The van der Waals surface area contributed by atoms with Crippen molar-refractivity contribution in [1.82, 2.24) is 0 Å². The van der Waals surface area contributed by atoms with Gasteiger partial charge in [-0.1, -0.05) is 75.2 Å². The minimum atomic E-state index is -0.656. The SMILES string of the molecule is CC.CC.CC.CCC(C)(C)C(=O)OCC(=O)OC1(C)C2CC3CC(C2)CC1C3.CCC(C)(C)C(=O)OCCCC(=O)OC1(C)C2CC3CC(C2)CC1C3.CCC(C)(C)C(=O)OCCOC(=O)C1CCCCC1C(=O)OCC(=O)OC(C)(C)C12CC3CC(CC(C3)C1)C2. The average Bonchev–Trinajstić information content (AvgIpc) is 0.766. The monoisotopic (exact) mass is 1310 g/mol. The highest BCUT2D eigenvalue weighted by Gasteiger charge is 2.60. The highest BCUT2D eigenvalue weighted by Crippen LogP contribution is 2.65. The standard InChI is InChI=1S/C31H48O8.C21H34O4.C19H30O4.3C2H6/c1-6-29(2,3)28(35)37-12-11-36-26(33)23-9-7-8-10-24(23)27(34)38-19-25(32)39-30(4,5)31-16-20-13-21(17-31)15-22(14-20)18-31;1-5-20(2,3)19(23)24-8-6-7-18(22)25-21(4)16-10-14-9-15(12-16)13-17(21)11-14;1-5-18(2,3)17(21)22-11-16(20)23-19(4)14-7-12-6-13(9-14)10-15(19)8-12;3*1-2/h20-24H,6-19H2,1-5H3;14-17H,5-13H2,1-4H3;12-15H,5-11H2,1-4H3;3*1-2H3. The Bertz CT molecular complexity index is 2380. The van der Waals surface area contributed by atoms with Gasteiger partial charge in [-0.3, -0.25) is 28.8 Å². The molecule has 0 aromatic carbocycles. The molecule has 534 valence electrons. The zero-order valence-electron chi connectivity index (χ0n) is 61.8. The molecule has 16 heteroatoms. The van der Waals surface area contributed by atoms with Crippen LogP contribution >= 0.6 is 0 Å². The third kappa shape index (κ3) is 19.8. The van der Waals surface area contributed by atoms with Gasteiger partial charge < -0.3 is 37.9 Å². The number of hydrogen-bond donors (Lipinski definition) is 0. The molecule has 12 bridgehead atoms. The predicted molar refractivity (Wildman–Crippen MR) is 360 cm³/mol. The smallest absolute Gasteiger partial charge is 0.344 e. The molecule has 0 radical (unpaired) electrons. The minimum Gasteiger partial charge on any atom is -0.465 e. The number of ether oxygens (including phenoxy) is 8. The van der Waals surface area contributed by atoms with Crippen LogP contribution in [0.3, 0.4) is 0 Å². The predicted octanol–water partition coefficient (Wildman–Crippen LogP) is 16.7. The minimum absolute atomic E-state index is 0.0141. The van der Waals surface area contributed by atoms with E-state index in [2.05, 4.69) is 13.8 Å². The Morgan fingerprint density at radius 1 is 0.387 bits per heavy atom. The molecule has 13 saturated carbocycles. The van der Waals surface area contributed by atoms with Crippen molar-refractivity contribution < 1.29 is 76.3 Å². The summed E-state index contributed by atoms with van der Waals surface area (Å²) in [5, 5.41) is 0. The topological polar surface area (TPSA) is 210 Å². The van der Waals surface area contributed by atoms with Crippen molar-refractivity contribution in [3.05, 3.63) is 0 Å². The molecule has 0 spiro atoms. The number of carbonyl (C=O) groups excluding carboxylic acids is 8. The second-order valence-electron chi connectivity index (χ2n) is 32.0. The maximum absolute atomic E-state index is 13.0. The van der Waals surface area contributed by atoms with E-state index in [-0.39, 0.29) is 66.3 Å². The van der Waals surface area contributed by atoms with Gasteiger partial charge in [0.15, 0.2) is 13.2 Å². The summed E-state index contributed by atoms with van der Waals surface area (Å²) in [4.78, 5) is 99.2. The number of esters is 8. The first kappa shape index (κ1) is 79.4. The van der Waals surface area contributed by atoms with Crippen molar-refractivity contribution in [2.45, 2.75) is 309 Å². The van der Waals surface area contributed by atoms with E-state index in [0.717, 1.165) is 80.0 Å². The maximum atomic E-state index is 13.0. The zero-order chi connectivity index (χ0) is 69.5. The van der Waals surface area contributed by atoms with Gasteiger partial charge in [0.25, 0.3) is 0 Å². The van der Waals surface area contributed by atoms with Crippen LogP contribution in [0.4, 0.5) is 0 Å². The molecule has 0 aliphatic heterocycles. The van der Waals surface area contributed by atoms with Crippen LogP contribution in [0.15, 0.2) is 0 Å². The van der Waals surface area contributed by atoms with E-state index in [1.54, 1.807) is 13.8 Å². The van der Waals surface area contributed by atoms with E-state index in [4.69, 9.17) is 37.9 Å². The molecular weight excluding hydrogens is 1180 g/mol. The summed E-state index contributed by atoms with van der Waals surface area (Å²) in [6.45, 7) is 36.7. The molecule has 93 heavy (non-hydrogen) atoms. The lowest BCUT2D eigenvalue weighted by molar-refractivity contribution is -0.208. The van der Waals surface area contributed by atoms with Crippen LogP contribution in [-0.4, -0.2) is 97.6 Å². The molecular formula is C77H130O16. The van der Waals surface area contributed by atoms with E-state index in [1.807, 2.05) is 104 Å². The summed E-state index contributed by atoms with van der Waals surface area (Å²) in [6, 6.07) is 0. The molecule has 13 rings (SSSR count). The molecule has 13 aliphatic carbocycles. The van der Waals surface area contributed by atoms with Gasteiger partial charge in [-0.15, -0.1) is 0 Å². The molecule has 0 N–H and O–H groups in total. The highest BCUT2D eigenvalue weighted by molar-refractivity contribution is 5.84.